The molecular weight excluding hydrogens is 320 g/mol. The molecule has 118 valence electrons. The molecule has 0 spiro atoms. The second kappa shape index (κ2) is 5.69. The van der Waals surface area contributed by atoms with E-state index in [1.54, 1.807) is 12.1 Å². The third kappa shape index (κ3) is 2.34. The summed E-state index contributed by atoms with van der Waals surface area (Å²) in [6, 6.07) is 19.2. The first-order valence-electron chi connectivity index (χ1n) is 7.66. The van der Waals surface area contributed by atoms with Gasteiger partial charge in [-0.1, -0.05) is 41.9 Å². The lowest BCUT2D eigenvalue weighted by Gasteiger charge is -2.10. The molecule has 24 heavy (non-hydrogen) atoms. The molecular formula is C20H15ClN2O. The molecule has 0 radical (unpaired) electrons. The maximum atomic E-state index is 9.63. The van der Waals surface area contributed by atoms with Crippen molar-refractivity contribution in [3.63, 3.8) is 0 Å². The Labute approximate surface area is 144 Å². The minimum absolute atomic E-state index is 0.262. The van der Waals surface area contributed by atoms with E-state index in [9.17, 15) is 5.11 Å². The Morgan fingerprint density at radius 3 is 2.54 bits per heavy atom. The molecule has 0 fully saturated rings. The zero-order valence-corrected chi connectivity index (χ0v) is 13.8. The van der Waals surface area contributed by atoms with Crippen LogP contribution in [0, 0.1) is 6.92 Å². The van der Waals surface area contributed by atoms with Crippen LogP contribution in [0.15, 0.2) is 67.0 Å². The quantitative estimate of drug-likeness (QED) is 0.536. The van der Waals surface area contributed by atoms with E-state index in [2.05, 4.69) is 4.98 Å². The van der Waals surface area contributed by atoms with Gasteiger partial charge in [-0.3, -0.25) is 4.57 Å². The molecule has 0 aliphatic carbocycles. The molecule has 3 aromatic carbocycles. The van der Waals surface area contributed by atoms with E-state index in [0.717, 1.165) is 33.4 Å². The number of benzene rings is 3. The fourth-order valence-electron chi connectivity index (χ4n) is 3.04. The molecule has 0 unspecified atom stereocenters. The summed E-state index contributed by atoms with van der Waals surface area (Å²) in [6.45, 7) is 1.97. The van der Waals surface area contributed by atoms with E-state index in [1.807, 2.05) is 66.3 Å². The number of para-hydroxylation sites is 1. The molecule has 0 saturated carbocycles. The van der Waals surface area contributed by atoms with Gasteiger partial charge in [0.05, 0.1) is 16.7 Å². The number of aromatic nitrogens is 2. The van der Waals surface area contributed by atoms with Crippen LogP contribution in [0.4, 0.5) is 0 Å². The van der Waals surface area contributed by atoms with Gasteiger partial charge in [0.25, 0.3) is 0 Å². The fourth-order valence-corrected chi connectivity index (χ4v) is 3.28. The van der Waals surface area contributed by atoms with E-state index in [4.69, 9.17) is 11.6 Å². The van der Waals surface area contributed by atoms with Gasteiger partial charge >= 0.3 is 0 Å². The number of phenolic OH excluding ortho intramolecular Hbond substituents is 1. The van der Waals surface area contributed by atoms with Crippen molar-refractivity contribution in [1.29, 1.82) is 0 Å². The fraction of sp³-hybridized carbons (Fsp3) is 0.0500. The molecule has 1 N–H and O–H groups in total. The first kappa shape index (κ1) is 14.8. The maximum absolute atomic E-state index is 9.63. The molecule has 0 aliphatic heterocycles. The van der Waals surface area contributed by atoms with Crippen LogP contribution in [0.3, 0.4) is 0 Å². The van der Waals surface area contributed by atoms with Crippen LogP contribution in [0.5, 0.6) is 5.75 Å². The largest absolute Gasteiger partial charge is 0.508 e. The number of aryl methyl sites for hydroxylation is 1. The Hall–Kier alpha value is -2.78. The number of halogens is 1. The average molecular weight is 335 g/mol. The number of imidazole rings is 1. The zero-order chi connectivity index (χ0) is 16.7. The molecule has 0 saturated heterocycles. The van der Waals surface area contributed by atoms with Crippen molar-refractivity contribution >= 4 is 22.6 Å². The van der Waals surface area contributed by atoms with Crippen LogP contribution in [0.1, 0.15) is 5.56 Å². The Morgan fingerprint density at radius 2 is 1.75 bits per heavy atom. The van der Waals surface area contributed by atoms with Gasteiger partial charge < -0.3 is 5.11 Å². The van der Waals surface area contributed by atoms with Crippen LogP contribution in [-0.2, 0) is 0 Å². The Bertz CT molecular complexity index is 1050. The second-order valence-corrected chi connectivity index (χ2v) is 6.15. The molecule has 0 bridgehead atoms. The number of fused-ring (bicyclic) bond motifs is 1. The molecule has 4 rings (SSSR count). The highest BCUT2D eigenvalue weighted by Gasteiger charge is 2.13. The summed E-state index contributed by atoms with van der Waals surface area (Å²) in [5.74, 6) is 0.262. The van der Waals surface area contributed by atoms with Crippen molar-refractivity contribution in [2.45, 2.75) is 6.92 Å². The number of hydrogen-bond donors (Lipinski definition) is 1. The van der Waals surface area contributed by atoms with Crippen LogP contribution in [0.25, 0.3) is 27.8 Å². The molecule has 1 aromatic heterocycles. The number of aromatic hydroxyl groups is 1. The van der Waals surface area contributed by atoms with E-state index in [-0.39, 0.29) is 5.75 Å². The maximum Gasteiger partial charge on any atom is 0.115 e. The predicted octanol–water partition coefficient (Wildman–Crippen LogP) is 5.36. The highest BCUT2D eigenvalue weighted by molar-refractivity contribution is 6.33. The van der Waals surface area contributed by atoms with Gasteiger partial charge in [0.15, 0.2) is 0 Å². The highest BCUT2D eigenvalue weighted by Crippen LogP contribution is 2.34. The number of rotatable bonds is 2. The normalized spacial score (nSPS) is 11.1. The Morgan fingerprint density at radius 1 is 0.958 bits per heavy atom. The minimum atomic E-state index is 0.262. The summed E-state index contributed by atoms with van der Waals surface area (Å²) in [5.41, 5.74) is 5.86. The van der Waals surface area contributed by atoms with Crippen molar-refractivity contribution in [2.75, 3.05) is 0 Å². The average Bonchev–Trinajstić information content (AvgIpc) is 2.99. The molecule has 0 atom stereocenters. The van der Waals surface area contributed by atoms with Gasteiger partial charge in [0, 0.05) is 16.1 Å². The number of hydrogen-bond acceptors (Lipinski definition) is 2. The van der Waals surface area contributed by atoms with E-state index >= 15 is 0 Å². The van der Waals surface area contributed by atoms with Crippen LogP contribution in [0.2, 0.25) is 5.02 Å². The van der Waals surface area contributed by atoms with Crippen LogP contribution in [-0.4, -0.2) is 14.7 Å². The first-order chi connectivity index (χ1) is 11.6. The molecule has 0 aliphatic rings. The van der Waals surface area contributed by atoms with Crippen molar-refractivity contribution in [3.8, 4) is 22.6 Å². The Kier molecular flexibility index (Phi) is 3.51. The number of nitrogens with zero attached hydrogens (tertiary/aromatic N) is 2. The smallest absolute Gasteiger partial charge is 0.115 e. The van der Waals surface area contributed by atoms with Gasteiger partial charge in [-0.25, -0.2) is 4.98 Å². The minimum Gasteiger partial charge on any atom is -0.508 e. The van der Waals surface area contributed by atoms with Crippen LogP contribution < -0.4 is 0 Å². The summed E-state index contributed by atoms with van der Waals surface area (Å²) < 4.78 is 2.03. The molecule has 3 nitrogen and oxygen atoms in total. The topological polar surface area (TPSA) is 38.0 Å². The summed E-state index contributed by atoms with van der Waals surface area (Å²) in [7, 11) is 0. The van der Waals surface area contributed by atoms with E-state index < -0.39 is 0 Å². The van der Waals surface area contributed by atoms with Gasteiger partial charge in [0.1, 0.15) is 12.1 Å². The standard InChI is InChI=1S/C20H15ClN2O/c1-13-11-14(24)9-10-18(13)23-12-22-20-16(6-4-8-19(20)23)15-5-2-3-7-17(15)21/h2-12,24H,1H3. The van der Waals surface area contributed by atoms with Gasteiger partial charge in [-0.2, -0.15) is 0 Å². The highest BCUT2D eigenvalue weighted by atomic mass is 35.5. The van der Waals surface area contributed by atoms with Gasteiger partial charge in [0.2, 0.25) is 0 Å². The third-order valence-corrected chi connectivity index (χ3v) is 4.51. The van der Waals surface area contributed by atoms with Crippen molar-refractivity contribution < 1.29 is 5.11 Å². The summed E-state index contributed by atoms with van der Waals surface area (Å²) >= 11 is 6.36. The lowest BCUT2D eigenvalue weighted by Crippen LogP contribution is -1.95. The van der Waals surface area contributed by atoms with Crippen molar-refractivity contribution in [2.24, 2.45) is 0 Å². The van der Waals surface area contributed by atoms with Crippen LogP contribution >= 0.6 is 11.6 Å². The van der Waals surface area contributed by atoms with Crippen molar-refractivity contribution in [3.05, 3.63) is 77.6 Å². The summed E-state index contributed by atoms with van der Waals surface area (Å²) in [6.07, 6.45) is 1.81. The van der Waals surface area contributed by atoms with E-state index in [0.29, 0.717) is 5.02 Å². The number of phenols is 1. The first-order valence-corrected chi connectivity index (χ1v) is 8.04. The molecule has 1 heterocycles. The van der Waals surface area contributed by atoms with Gasteiger partial charge in [-0.15, -0.1) is 0 Å². The molecule has 0 amide bonds. The molecule has 4 aromatic rings. The SMILES string of the molecule is Cc1cc(O)ccc1-n1cnc2c(-c3ccccc3Cl)cccc21. The summed E-state index contributed by atoms with van der Waals surface area (Å²) in [5, 5.41) is 10.3. The predicted molar refractivity (Wildman–Crippen MR) is 97.9 cm³/mol. The lowest BCUT2D eigenvalue weighted by molar-refractivity contribution is 0.475. The Balaban J connectivity index is 1.96. The van der Waals surface area contributed by atoms with Gasteiger partial charge in [-0.05, 0) is 42.8 Å². The second-order valence-electron chi connectivity index (χ2n) is 5.74. The summed E-state index contributed by atoms with van der Waals surface area (Å²) in [4.78, 5) is 4.62. The van der Waals surface area contributed by atoms with Crippen molar-refractivity contribution in [1.82, 2.24) is 9.55 Å². The zero-order valence-electron chi connectivity index (χ0n) is 13.1. The lowest BCUT2D eigenvalue weighted by atomic mass is 10.0. The molecule has 4 heteroatoms. The third-order valence-electron chi connectivity index (χ3n) is 4.18. The monoisotopic (exact) mass is 334 g/mol. The van der Waals surface area contributed by atoms with E-state index in [1.165, 1.54) is 0 Å².